The predicted octanol–water partition coefficient (Wildman–Crippen LogP) is 3.72. The van der Waals surface area contributed by atoms with Crippen LogP contribution in [-0.4, -0.2) is 22.8 Å². The van der Waals surface area contributed by atoms with Crippen molar-refractivity contribution in [3.05, 3.63) is 46.0 Å². The quantitative estimate of drug-likeness (QED) is 0.841. The summed E-state index contributed by atoms with van der Waals surface area (Å²) in [7, 11) is 0. The number of aryl methyl sites for hydroxylation is 3. The summed E-state index contributed by atoms with van der Waals surface area (Å²) in [5, 5.41) is 6.41. The topological polar surface area (TPSA) is 71.1 Å². The van der Waals surface area contributed by atoms with Crippen molar-refractivity contribution in [3.63, 3.8) is 0 Å². The van der Waals surface area contributed by atoms with Crippen molar-refractivity contribution < 1.29 is 9.59 Å². The Morgan fingerprint density at radius 3 is 2.65 bits per heavy atom. The zero-order chi connectivity index (χ0) is 18.7. The molecule has 2 aromatic rings. The number of anilines is 1. The van der Waals surface area contributed by atoms with E-state index < -0.39 is 6.04 Å². The minimum atomic E-state index is -0.607. The van der Waals surface area contributed by atoms with Gasteiger partial charge >= 0.3 is 0 Å². The van der Waals surface area contributed by atoms with Gasteiger partial charge in [-0.3, -0.25) is 9.59 Å². The molecule has 1 aliphatic carbocycles. The van der Waals surface area contributed by atoms with Gasteiger partial charge in [-0.1, -0.05) is 31.5 Å². The second-order valence-electron chi connectivity index (χ2n) is 7.15. The van der Waals surface area contributed by atoms with Crippen LogP contribution in [0.25, 0.3) is 0 Å². The molecular weight excluding hydrogens is 346 g/mol. The molecule has 0 spiro atoms. The van der Waals surface area contributed by atoms with Crippen LogP contribution in [0.1, 0.15) is 53.2 Å². The van der Waals surface area contributed by atoms with E-state index in [9.17, 15) is 9.59 Å². The van der Waals surface area contributed by atoms with Crippen molar-refractivity contribution in [3.8, 4) is 0 Å². The number of carbonyl (C=O) groups is 2. The molecule has 0 fully saturated rings. The first kappa shape index (κ1) is 18.6. The first-order chi connectivity index (χ1) is 12.4. The number of rotatable bonds is 5. The smallest absolute Gasteiger partial charge is 0.251 e. The molecule has 2 amide bonds. The Hall–Kier alpha value is -2.21. The lowest BCUT2D eigenvalue weighted by Crippen LogP contribution is -2.47. The zero-order valence-electron chi connectivity index (χ0n) is 15.5. The molecule has 1 atom stereocenters. The van der Waals surface area contributed by atoms with Crippen molar-refractivity contribution in [2.75, 3.05) is 5.32 Å². The summed E-state index contributed by atoms with van der Waals surface area (Å²) in [5.41, 5.74) is 2.69. The fourth-order valence-electron chi connectivity index (χ4n) is 3.13. The molecule has 0 saturated heterocycles. The zero-order valence-corrected chi connectivity index (χ0v) is 16.3. The second-order valence-corrected chi connectivity index (χ2v) is 8.23. The maximum absolute atomic E-state index is 12.7. The number of fused-ring (bicyclic) bond motifs is 1. The minimum Gasteiger partial charge on any atom is -0.340 e. The number of thiazole rings is 1. The molecule has 0 saturated carbocycles. The summed E-state index contributed by atoms with van der Waals surface area (Å²) >= 11 is 1.55. The number of hydrogen-bond donors (Lipinski definition) is 2. The molecule has 0 aliphatic heterocycles. The molecule has 1 heterocycles. The standard InChI is InChI=1S/C20H25N3O2S/c1-12(2)17(22-18(24)14-8-6-7-13(3)11-14)19(25)23-20-21-15-9-4-5-10-16(15)26-20/h6-8,11-12,17H,4-5,9-10H2,1-3H3,(H,22,24)(H,21,23,25). The average molecular weight is 372 g/mol. The molecule has 5 nitrogen and oxygen atoms in total. The highest BCUT2D eigenvalue weighted by Crippen LogP contribution is 2.29. The van der Waals surface area contributed by atoms with Crippen LogP contribution in [0, 0.1) is 12.8 Å². The molecule has 0 radical (unpaired) electrons. The summed E-state index contributed by atoms with van der Waals surface area (Å²) in [4.78, 5) is 31.1. The fraction of sp³-hybridized carbons (Fsp3) is 0.450. The van der Waals surface area contributed by atoms with E-state index in [0.717, 1.165) is 30.5 Å². The number of nitrogens with one attached hydrogen (secondary N) is 2. The Balaban J connectivity index is 1.69. The Labute approximate surface area is 158 Å². The van der Waals surface area contributed by atoms with E-state index >= 15 is 0 Å². The highest BCUT2D eigenvalue weighted by atomic mass is 32.1. The van der Waals surface area contributed by atoms with Crippen LogP contribution in [0.5, 0.6) is 0 Å². The summed E-state index contributed by atoms with van der Waals surface area (Å²) in [6.45, 7) is 5.79. The highest BCUT2D eigenvalue weighted by molar-refractivity contribution is 7.15. The van der Waals surface area contributed by atoms with E-state index in [1.165, 1.54) is 11.3 Å². The van der Waals surface area contributed by atoms with Crippen molar-refractivity contribution in [1.29, 1.82) is 0 Å². The van der Waals surface area contributed by atoms with Gasteiger partial charge in [0.15, 0.2) is 5.13 Å². The van der Waals surface area contributed by atoms with Gasteiger partial charge in [-0.05, 0) is 50.7 Å². The Morgan fingerprint density at radius 2 is 1.96 bits per heavy atom. The molecule has 1 aromatic carbocycles. The van der Waals surface area contributed by atoms with E-state index in [1.54, 1.807) is 17.4 Å². The summed E-state index contributed by atoms with van der Waals surface area (Å²) in [5.74, 6) is -0.480. The second kappa shape index (κ2) is 7.99. The molecule has 26 heavy (non-hydrogen) atoms. The molecule has 0 bridgehead atoms. The monoisotopic (exact) mass is 371 g/mol. The van der Waals surface area contributed by atoms with Crippen molar-refractivity contribution in [2.45, 2.75) is 52.5 Å². The van der Waals surface area contributed by atoms with E-state index in [1.807, 2.05) is 39.0 Å². The van der Waals surface area contributed by atoms with Crippen LogP contribution in [0.4, 0.5) is 5.13 Å². The number of aromatic nitrogens is 1. The highest BCUT2D eigenvalue weighted by Gasteiger charge is 2.26. The number of carbonyl (C=O) groups excluding carboxylic acids is 2. The van der Waals surface area contributed by atoms with Gasteiger partial charge in [-0.25, -0.2) is 4.98 Å². The molecule has 1 aromatic heterocycles. The third-order valence-corrected chi connectivity index (χ3v) is 5.66. The lowest BCUT2D eigenvalue weighted by atomic mass is 10.0. The van der Waals surface area contributed by atoms with Crippen molar-refractivity contribution in [1.82, 2.24) is 10.3 Å². The lowest BCUT2D eigenvalue weighted by Gasteiger charge is -2.21. The molecule has 1 unspecified atom stereocenters. The van der Waals surface area contributed by atoms with E-state index in [4.69, 9.17) is 0 Å². The summed E-state index contributed by atoms with van der Waals surface area (Å²) in [6, 6.07) is 6.75. The predicted molar refractivity (Wildman–Crippen MR) is 105 cm³/mol. The first-order valence-corrected chi connectivity index (χ1v) is 9.92. The average Bonchev–Trinajstić information content (AvgIpc) is 3.01. The maximum Gasteiger partial charge on any atom is 0.251 e. The Morgan fingerprint density at radius 1 is 1.19 bits per heavy atom. The van der Waals surface area contributed by atoms with Crippen LogP contribution in [-0.2, 0) is 17.6 Å². The molecule has 6 heteroatoms. The minimum absolute atomic E-state index is 0.0293. The largest absolute Gasteiger partial charge is 0.340 e. The Bertz CT molecular complexity index is 790. The molecule has 2 N–H and O–H groups in total. The van der Waals surface area contributed by atoms with Crippen molar-refractivity contribution >= 4 is 28.3 Å². The van der Waals surface area contributed by atoms with Crippen molar-refractivity contribution in [2.24, 2.45) is 5.92 Å². The van der Waals surface area contributed by atoms with Gasteiger partial charge < -0.3 is 10.6 Å². The van der Waals surface area contributed by atoms with E-state index in [0.29, 0.717) is 10.7 Å². The van der Waals surface area contributed by atoms with Crippen LogP contribution < -0.4 is 10.6 Å². The van der Waals surface area contributed by atoms with Gasteiger partial charge in [0, 0.05) is 10.4 Å². The van der Waals surface area contributed by atoms with Gasteiger partial charge in [0.25, 0.3) is 5.91 Å². The van der Waals surface area contributed by atoms with E-state index in [2.05, 4.69) is 15.6 Å². The molecule has 3 rings (SSSR count). The fourth-order valence-corrected chi connectivity index (χ4v) is 4.19. The van der Waals surface area contributed by atoms with Gasteiger partial charge in [-0.2, -0.15) is 0 Å². The summed E-state index contributed by atoms with van der Waals surface area (Å²) in [6.07, 6.45) is 4.37. The van der Waals surface area contributed by atoms with Crippen LogP contribution >= 0.6 is 11.3 Å². The molecule has 138 valence electrons. The van der Waals surface area contributed by atoms with Gasteiger partial charge in [-0.15, -0.1) is 11.3 Å². The summed E-state index contributed by atoms with van der Waals surface area (Å²) < 4.78 is 0. The Kier molecular flexibility index (Phi) is 5.71. The lowest BCUT2D eigenvalue weighted by molar-refractivity contribution is -0.118. The maximum atomic E-state index is 12.7. The third-order valence-electron chi connectivity index (χ3n) is 4.59. The normalized spacial score (nSPS) is 14.6. The van der Waals surface area contributed by atoms with Gasteiger partial charge in [0.1, 0.15) is 6.04 Å². The molecule has 1 aliphatic rings. The van der Waals surface area contributed by atoms with Crippen LogP contribution in [0.3, 0.4) is 0 Å². The number of benzene rings is 1. The molecular formula is C20H25N3O2S. The van der Waals surface area contributed by atoms with Crippen LogP contribution in [0.2, 0.25) is 0 Å². The van der Waals surface area contributed by atoms with Gasteiger partial charge in [0.2, 0.25) is 5.91 Å². The first-order valence-electron chi connectivity index (χ1n) is 9.11. The van der Waals surface area contributed by atoms with E-state index in [-0.39, 0.29) is 17.7 Å². The third kappa shape index (κ3) is 4.30. The number of nitrogens with zero attached hydrogens (tertiary/aromatic N) is 1. The SMILES string of the molecule is Cc1cccc(C(=O)NC(C(=O)Nc2nc3c(s2)CCCC3)C(C)C)c1. The van der Waals surface area contributed by atoms with Gasteiger partial charge in [0.05, 0.1) is 5.69 Å². The number of hydrogen-bond acceptors (Lipinski definition) is 4. The van der Waals surface area contributed by atoms with Crippen LogP contribution in [0.15, 0.2) is 24.3 Å². The number of amides is 2.